The van der Waals surface area contributed by atoms with E-state index in [0.29, 0.717) is 5.82 Å². The van der Waals surface area contributed by atoms with Crippen LogP contribution in [0.1, 0.15) is 18.2 Å². The highest BCUT2D eigenvalue weighted by atomic mass is 15.3. The summed E-state index contributed by atoms with van der Waals surface area (Å²) in [6.07, 6.45) is 4.50. The molecule has 124 valence electrons. The Morgan fingerprint density at radius 2 is 1.80 bits per heavy atom. The molecule has 0 saturated heterocycles. The number of fused-ring (bicyclic) bond motifs is 1. The van der Waals surface area contributed by atoms with Crippen molar-refractivity contribution in [1.29, 1.82) is 0 Å². The van der Waals surface area contributed by atoms with Crippen molar-refractivity contribution in [3.63, 3.8) is 0 Å². The Hall–Kier alpha value is -3.21. The summed E-state index contributed by atoms with van der Waals surface area (Å²) in [5.41, 5.74) is 13.0. The van der Waals surface area contributed by atoms with Crippen LogP contribution in [0.3, 0.4) is 0 Å². The highest BCUT2D eigenvalue weighted by Gasteiger charge is 2.14. The number of nitrogens with two attached hydrogens (primary N) is 1. The van der Waals surface area contributed by atoms with Gasteiger partial charge in [0.05, 0.1) is 11.9 Å². The van der Waals surface area contributed by atoms with Gasteiger partial charge in [0.2, 0.25) is 0 Å². The van der Waals surface area contributed by atoms with Crippen molar-refractivity contribution in [2.24, 2.45) is 0 Å². The molecule has 5 nitrogen and oxygen atoms in total. The molecule has 0 fully saturated rings. The summed E-state index contributed by atoms with van der Waals surface area (Å²) in [6.45, 7) is 4.06. The van der Waals surface area contributed by atoms with Crippen molar-refractivity contribution in [2.75, 3.05) is 5.73 Å². The van der Waals surface area contributed by atoms with Crippen LogP contribution in [0.15, 0.2) is 54.9 Å². The predicted molar refractivity (Wildman–Crippen MR) is 100 cm³/mol. The average Bonchev–Trinajstić information content (AvgIpc) is 3.07. The van der Waals surface area contributed by atoms with Crippen LogP contribution in [0.4, 0.5) is 5.82 Å². The minimum atomic E-state index is 0.658. The lowest BCUT2D eigenvalue weighted by Gasteiger charge is -2.09. The fourth-order valence-corrected chi connectivity index (χ4v) is 3.14. The van der Waals surface area contributed by atoms with Gasteiger partial charge in [0.1, 0.15) is 5.82 Å². The van der Waals surface area contributed by atoms with Gasteiger partial charge in [-0.15, -0.1) is 0 Å². The Morgan fingerprint density at radius 1 is 1.00 bits per heavy atom. The molecule has 4 aromatic rings. The van der Waals surface area contributed by atoms with Crippen molar-refractivity contribution in [3.05, 3.63) is 66.1 Å². The molecule has 3 heterocycles. The smallest absolute Gasteiger partial charge is 0.165 e. The van der Waals surface area contributed by atoms with Crippen molar-refractivity contribution >= 4 is 11.5 Å². The monoisotopic (exact) mass is 329 g/mol. The molecule has 4 rings (SSSR count). The summed E-state index contributed by atoms with van der Waals surface area (Å²) in [7, 11) is 0. The van der Waals surface area contributed by atoms with Crippen LogP contribution in [-0.2, 0) is 6.42 Å². The first-order valence-electron chi connectivity index (χ1n) is 8.33. The number of aryl methyl sites for hydroxylation is 1. The molecule has 0 bridgehead atoms. The highest BCUT2D eigenvalue weighted by molar-refractivity contribution is 5.79. The number of anilines is 1. The third-order valence-corrected chi connectivity index (χ3v) is 4.49. The van der Waals surface area contributed by atoms with Gasteiger partial charge in [0.15, 0.2) is 5.65 Å². The van der Waals surface area contributed by atoms with E-state index in [1.807, 2.05) is 43.5 Å². The lowest BCUT2D eigenvalue weighted by molar-refractivity contribution is 0.909. The number of hydrogen-bond donors (Lipinski definition) is 1. The molecule has 0 radical (unpaired) electrons. The lowest BCUT2D eigenvalue weighted by atomic mass is 10.1. The van der Waals surface area contributed by atoms with Crippen LogP contribution in [0.2, 0.25) is 0 Å². The first-order valence-corrected chi connectivity index (χ1v) is 8.33. The molecule has 25 heavy (non-hydrogen) atoms. The van der Waals surface area contributed by atoms with E-state index >= 15 is 0 Å². The first-order chi connectivity index (χ1) is 12.2. The van der Waals surface area contributed by atoms with E-state index in [-0.39, 0.29) is 0 Å². The minimum absolute atomic E-state index is 0.658. The molecule has 0 spiro atoms. The van der Waals surface area contributed by atoms with Crippen LogP contribution in [0.5, 0.6) is 0 Å². The molecule has 2 N–H and O–H groups in total. The third-order valence-electron chi connectivity index (χ3n) is 4.49. The maximum atomic E-state index is 6.27. The molecule has 5 heteroatoms. The molecule has 0 aliphatic heterocycles. The molecular weight excluding hydrogens is 310 g/mol. The Balaban J connectivity index is 1.80. The van der Waals surface area contributed by atoms with E-state index in [1.165, 1.54) is 0 Å². The topological polar surface area (TPSA) is 69.1 Å². The number of nitrogen functional groups attached to an aromatic ring is 1. The van der Waals surface area contributed by atoms with Crippen molar-refractivity contribution < 1.29 is 0 Å². The summed E-state index contributed by atoms with van der Waals surface area (Å²) < 4.78 is 1.71. The Morgan fingerprint density at radius 3 is 2.48 bits per heavy atom. The molecule has 0 atom stereocenters. The van der Waals surface area contributed by atoms with Crippen LogP contribution in [0, 0.1) is 6.92 Å². The molecule has 3 aromatic heterocycles. The van der Waals surface area contributed by atoms with Crippen LogP contribution >= 0.6 is 0 Å². The zero-order chi connectivity index (χ0) is 17.4. The maximum absolute atomic E-state index is 6.27. The summed E-state index contributed by atoms with van der Waals surface area (Å²) in [4.78, 5) is 9.31. The van der Waals surface area contributed by atoms with Gasteiger partial charge in [-0.3, -0.25) is 4.98 Å². The number of rotatable bonds is 3. The quantitative estimate of drug-likeness (QED) is 0.618. The van der Waals surface area contributed by atoms with Crippen molar-refractivity contribution in [3.8, 4) is 22.4 Å². The van der Waals surface area contributed by atoms with Crippen LogP contribution in [-0.4, -0.2) is 19.6 Å². The van der Waals surface area contributed by atoms with Gasteiger partial charge in [-0.1, -0.05) is 43.3 Å². The van der Waals surface area contributed by atoms with Gasteiger partial charge >= 0.3 is 0 Å². The predicted octanol–water partition coefficient (Wildman–Crippen LogP) is 3.91. The van der Waals surface area contributed by atoms with Crippen molar-refractivity contribution in [1.82, 2.24) is 19.6 Å². The molecule has 0 aliphatic rings. The number of nitrogens with zero attached hydrogens (tertiary/aromatic N) is 4. The second kappa shape index (κ2) is 6.02. The van der Waals surface area contributed by atoms with Gasteiger partial charge in [-0.2, -0.15) is 9.61 Å². The maximum Gasteiger partial charge on any atom is 0.165 e. The summed E-state index contributed by atoms with van der Waals surface area (Å²) in [5, 5.41) is 4.43. The number of pyridine rings is 1. The molecular formula is C20H19N5. The standard InChI is InChI=1S/C20H19N5/c1-3-16-13(2)24-20-17(12-23-25(20)19(16)21)15-9-10-18(22-11-15)14-7-5-4-6-8-14/h4-12H,3,21H2,1-2H3. The minimum Gasteiger partial charge on any atom is -0.383 e. The molecule has 1 aromatic carbocycles. The Kier molecular flexibility index (Phi) is 3.69. The van der Waals surface area contributed by atoms with E-state index in [2.05, 4.69) is 29.1 Å². The van der Waals surface area contributed by atoms with E-state index in [1.54, 1.807) is 10.7 Å². The molecule has 0 saturated carbocycles. The SMILES string of the molecule is CCc1c(C)nc2c(-c3ccc(-c4ccccc4)nc3)cnn2c1N. The van der Waals surface area contributed by atoms with E-state index in [0.717, 1.165) is 45.7 Å². The van der Waals surface area contributed by atoms with E-state index in [4.69, 9.17) is 10.7 Å². The highest BCUT2D eigenvalue weighted by Crippen LogP contribution is 2.28. The third kappa shape index (κ3) is 2.54. The normalized spacial score (nSPS) is 11.1. The second-order valence-corrected chi connectivity index (χ2v) is 6.01. The summed E-state index contributed by atoms with van der Waals surface area (Å²) in [5.74, 6) is 0.658. The van der Waals surface area contributed by atoms with E-state index in [9.17, 15) is 0 Å². The molecule has 0 unspecified atom stereocenters. The van der Waals surface area contributed by atoms with E-state index < -0.39 is 0 Å². The molecule has 0 amide bonds. The van der Waals surface area contributed by atoms with Crippen LogP contribution in [0.25, 0.3) is 28.0 Å². The van der Waals surface area contributed by atoms with Crippen LogP contribution < -0.4 is 5.73 Å². The Labute approximate surface area is 146 Å². The fraction of sp³-hybridized carbons (Fsp3) is 0.150. The average molecular weight is 329 g/mol. The first kappa shape index (κ1) is 15.3. The molecule has 0 aliphatic carbocycles. The number of hydrogen-bond acceptors (Lipinski definition) is 4. The van der Waals surface area contributed by atoms with Crippen molar-refractivity contribution in [2.45, 2.75) is 20.3 Å². The van der Waals surface area contributed by atoms with Gasteiger partial charge in [0.25, 0.3) is 0 Å². The lowest BCUT2D eigenvalue weighted by Crippen LogP contribution is -2.07. The summed E-state index contributed by atoms with van der Waals surface area (Å²) in [6, 6.07) is 14.2. The van der Waals surface area contributed by atoms with Gasteiger partial charge in [0, 0.05) is 34.1 Å². The number of aromatic nitrogens is 4. The summed E-state index contributed by atoms with van der Waals surface area (Å²) >= 11 is 0. The zero-order valence-corrected chi connectivity index (χ0v) is 14.3. The number of benzene rings is 1. The van der Waals surface area contributed by atoms with Gasteiger partial charge in [-0.25, -0.2) is 4.98 Å². The zero-order valence-electron chi connectivity index (χ0n) is 14.3. The second-order valence-electron chi connectivity index (χ2n) is 6.01. The van der Waals surface area contributed by atoms with Gasteiger partial charge in [-0.05, 0) is 19.4 Å². The largest absolute Gasteiger partial charge is 0.383 e. The van der Waals surface area contributed by atoms with Gasteiger partial charge < -0.3 is 5.73 Å². The Bertz CT molecular complexity index is 1030. The fourth-order valence-electron chi connectivity index (χ4n) is 3.14.